The third-order valence-electron chi connectivity index (χ3n) is 3.30. The molecular formula is C15H22N2O3. The number of nitrogens with two attached hydrogens (primary N) is 1. The summed E-state index contributed by atoms with van der Waals surface area (Å²) in [6.45, 7) is 3.19. The first-order valence-electron chi connectivity index (χ1n) is 7.02. The largest absolute Gasteiger partial charge is 0.381 e. The number of benzene rings is 1. The molecule has 0 aromatic heterocycles. The van der Waals surface area contributed by atoms with Crippen LogP contribution in [0.5, 0.6) is 0 Å². The van der Waals surface area contributed by atoms with Gasteiger partial charge in [-0.2, -0.15) is 0 Å². The summed E-state index contributed by atoms with van der Waals surface area (Å²) >= 11 is 0. The molecule has 5 nitrogen and oxygen atoms in total. The van der Waals surface area contributed by atoms with Crippen molar-refractivity contribution in [1.82, 2.24) is 0 Å². The summed E-state index contributed by atoms with van der Waals surface area (Å²) in [5.41, 5.74) is 7.34. The zero-order chi connectivity index (χ0) is 14.2. The Bertz CT molecular complexity index is 431. The number of rotatable bonds is 7. The lowest BCUT2D eigenvalue weighted by Crippen LogP contribution is -2.16. The normalized spacial score (nSPS) is 18.1. The van der Waals surface area contributed by atoms with Crippen LogP contribution in [0.3, 0.4) is 0 Å². The van der Waals surface area contributed by atoms with Gasteiger partial charge in [0.05, 0.1) is 26.2 Å². The molecule has 0 bridgehead atoms. The third-order valence-corrected chi connectivity index (χ3v) is 3.30. The van der Waals surface area contributed by atoms with E-state index in [1.165, 1.54) is 0 Å². The van der Waals surface area contributed by atoms with Gasteiger partial charge in [-0.25, -0.2) is 0 Å². The Morgan fingerprint density at radius 1 is 1.50 bits per heavy atom. The van der Waals surface area contributed by atoms with E-state index in [1.54, 1.807) is 0 Å². The molecule has 0 aliphatic carbocycles. The van der Waals surface area contributed by atoms with Crippen molar-refractivity contribution in [3.05, 3.63) is 29.8 Å². The maximum absolute atomic E-state index is 11.8. The molecule has 2 rings (SSSR count). The number of nitrogens with one attached hydrogen (secondary N) is 1. The van der Waals surface area contributed by atoms with E-state index in [2.05, 4.69) is 5.32 Å². The van der Waals surface area contributed by atoms with Crippen LogP contribution < -0.4 is 11.1 Å². The topological polar surface area (TPSA) is 73.6 Å². The van der Waals surface area contributed by atoms with Crippen molar-refractivity contribution in [3.63, 3.8) is 0 Å². The predicted molar refractivity (Wildman–Crippen MR) is 77.3 cm³/mol. The molecule has 1 aliphatic rings. The second kappa shape index (κ2) is 7.99. The Morgan fingerprint density at radius 2 is 2.40 bits per heavy atom. The van der Waals surface area contributed by atoms with Crippen molar-refractivity contribution < 1.29 is 14.3 Å². The number of carbonyl (C=O) groups excluding carboxylic acids is 1. The maximum Gasteiger partial charge on any atom is 0.226 e. The Kier molecular flexibility index (Phi) is 5.98. The highest BCUT2D eigenvalue weighted by molar-refractivity contribution is 5.90. The Labute approximate surface area is 119 Å². The minimum Gasteiger partial charge on any atom is -0.381 e. The number of anilines is 1. The van der Waals surface area contributed by atoms with E-state index >= 15 is 0 Å². The monoisotopic (exact) mass is 278 g/mol. The van der Waals surface area contributed by atoms with Crippen molar-refractivity contribution in [1.29, 1.82) is 0 Å². The van der Waals surface area contributed by atoms with Crippen molar-refractivity contribution in [3.8, 4) is 0 Å². The standard InChI is InChI=1S/C15H22N2O3/c16-9-12-2-1-3-14(8-12)17-15(18)5-7-20-11-13-4-6-19-10-13/h1-3,8,13H,4-7,9-11,16H2,(H,17,18). The van der Waals surface area contributed by atoms with E-state index in [1.807, 2.05) is 24.3 Å². The number of ether oxygens (including phenoxy) is 2. The molecule has 1 unspecified atom stereocenters. The molecule has 1 aromatic carbocycles. The highest BCUT2D eigenvalue weighted by Gasteiger charge is 2.15. The van der Waals surface area contributed by atoms with Crippen molar-refractivity contribution in [2.75, 3.05) is 31.7 Å². The molecule has 1 aliphatic heterocycles. The summed E-state index contributed by atoms with van der Waals surface area (Å²) in [5, 5.41) is 2.85. The summed E-state index contributed by atoms with van der Waals surface area (Å²) in [5.74, 6) is 0.446. The Morgan fingerprint density at radius 3 is 3.15 bits per heavy atom. The summed E-state index contributed by atoms with van der Waals surface area (Å²) in [7, 11) is 0. The van der Waals surface area contributed by atoms with Crippen LogP contribution >= 0.6 is 0 Å². The van der Waals surface area contributed by atoms with Crippen LogP contribution in [0.15, 0.2) is 24.3 Å². The van der Waals surface area contributed by atoms with E-state index in [9.17, 15) is 4.79 Å². The molecule has 1 atom stereocenters. The maximum atomic E-state index is 11.8. The van der Waals surface area contributed by atoms with Crippen molar-refractivity contribution >= 4 is 11.6 Å². The van der Waals surface area contributed by atoms with E-state index in [0.29, 0.717) is 32.1 Å². The number of amides is 1. The summed E-state index contributed by atoms with van der Waals surface area (Å²) < 4.78 is 10.8. The number of hydrogen-bond donors (Lipinski definition) is 2. The minimum absolute atomic E-state index is 0.0400. The molecule has 1 fully saturated rings. The van der Waals surface area contributed by atoms with Gasteiger partial charge in [-0.3, -0.25) is 4.79 Å². The van der Waals surface area contributed by atoms with Crippen LogP contribution in [-0.4, -0.2) is 32.3 Å². The second-order valence-electron chi connectivity index (χ2n) is 5.01. The first-order valence-corrected chi connectivity index (χ1v) is 7.02. The highest BCUT2D eigenvalue weighted by Crippen LogP contribution is 2.13. The van der Waals surface area contributed by atoms with Gasteiger partial charge in [0, 0.05) is 24.8 Å². The second-order valence-corrected chi connectivity index (χ2v) is 5.01. The van der Waals surface area contributed by atoms with Crippen molar-refractivity contribution in [2.45, 2.75) is 19.4 Å². The number of hydrogen-bond acceptors (Lipinski definition) is 4. The van der Waals surface area contributed by atoms with E-state index in [0.717, 1.165) is 30.9 Å². The molecule has 1 saturated heterocycles. The SMILES string of the molecule is NCc1cccc(NC(=O)CCOCC2CCOC2)c1. The van der Waals surface area contributed by atoms with Gasteiger partial charge in [-0.05, 0) is 24.1 Å². The molecular weight excluding hydrogens is 256 g/mol. The van der Waals surface area contributed by atoms with E-state index < -0.39 is 0 Å². The molecule has 0 saturated carbocycles. The lowest BCUT2D eigenvalue weighted by atomic mass is 10.1. The molecule has 1 heterocycles. The van der Waals surface area contributed by atoms with Crippen LogP contribution in [0, 0.1) is 5.92 Å². The summed E-state index contributed by atoms with van der Waals surface area (Å²) in [4.78, 5) is 11.8. The van der Waals surface area contributed by atoms with Crippen LogP contribution in [-0.2, 0) is 20.8 Å². The zero-order valence-corrected chi connectivity index (χ0v) is 11.6. The molecule has 1 amide bonds. The summed E-state index contributed by atoms with van der Waals surface area (Å²) in [6, 6.07) is 7.55. The smallest absolute Gasteiger partial charge is 0.226 e. The van der Waals surface area contributed by atoms with E-state index in [-0.39, 0.29) is 5.91 Å². The average Bonchev–Trinajstić information content (AvgIpc) is 2.97. The predicted octanol–water partition coefficient (Wildman–Crippen LogP) is 1.53. The average molecular weight is 278 g/mol. The molecule has 3 N–H and O–H groups in total. The van der Waals surface area contributed by atoms with Gasteiger partial charge in [-0.1, -0.05) is 12.1 Å². The van der Waals surface area contributed by atoms with Gasteiger partial charge in [0.15, 0.2) is 0 Å². The molecule has 0 spiro atoms. The Balaban J connectivity index is 1.64. The van der Waals surface area contributed by atoms with Crippen LogP contribution in [0.4, 0.5) is 5.69 Å². The van der Waals surface area contributed by atoms with Crippen LogP contribution in [0.1, 0.15) is 18.4 Å². The quantitative estimate of drug-likeness (QED) is 0.742. The van der Waals surface area contributed by atoms with Crippen LogP contribution in [0.2, 0.25) is 0 Å². The molecule has 0 radical (unpaired) electrons. The van der Waals surface area contributed by atoms with Gasteiger partial charge in [0.2, 0.25) is 5.91 Å². The van der Waals surface area contributed by atoms with Crippen LogP contribution in [0.25, 0.3) is 0 Å². The lowest BCUT2D eigenvalue weighted by molar-refractivity contribution is -0.117. The van der Waals surface area contributed by atoms with Gasteiger partial charge >= 0.3 is 0 Å². The highest BCUT2D eigenvalue weighted by atomic mass is 16.5. The van der Waals surface area contributed by atoms with Gasteiger partial charge in [-0.15, -0.1) is 0 Å². The fourth-order valence-corrected chi connectivity index (χ4v) is 2.13. The summed E-state index contributed by atoms with van der Waals surface area (Å²) in [6.07, 6.45) is 1.42. The Hall–Kier alpha value is -1.43. The molecule has 5 heteroatoms. The first-order chi connectivity index (χ1) is 9.78. The van der Waals surface area contributed by atoms with Gasteiger partial charge in [0.25, 0.3) is 0 Å². The van der Waals surface area contributed by atoms with E-state index in [4.69, 9.17) is 15.2 Å². The first kappa shape index (κ1) is 15.0. The lowest BCUT2D eigenvalue weighted by Gasteiger charge is -2.09. The molecule has 110 valence electrons. The van der Waals surface area contributed by atoms with Gasteiger partial charge in [0.1, 0.15) is 0 Å². The fraction of sp³-hybridized carbons (Fsp3) is 0.533. The fourth-order valence-electron chi connectivity index (χ4n) is 2.13. The third kappa shape index (κ3) is 4.92. The molecule has 20 heavy (non-hydrogen) atoms. The zero-order valence-electron chi connectivity index (χ0n) is 11.6. The molecule has 1 aromatic rings. The number of carbonyl (C=O) groups is 1. The minimum atomic E-state index is -0.0400. The van der Waals surface area contributed by atoms with Gasteiger partial charge < -0.3 is 20.5 Å². The van der Waals surface area contributed by atoms with Crippen molar-refractivity contribution in [2.24, 2.45) is 11.7 Å².